The number of aromatic nitrogens is 3. The van der Waals surface area contributed by atoms with Crippen molar-refractivity contribution in [3.8, 4) is 66.9 Å². The average Bonchev–Trinajstić information content (AvgIpc) is 3.90. The van der Waals surface area contributed by atoms with Gasteiger partial charge < -0.3 is 0 Å². The van der Waals surface area contributed by atoms with Gasteiger partial charge in [-0.15, -0.1) is 11.3 Å². The smallest absolute Gasteiger partial charge is 0.164 e. The average molecular weight is 730 g/mol. The summed E-state index contributed by atoms with van der Waals surface area (Å²) in [6, 6.07) is 67.7. The Morgan fingerprint density at radius 1 is 0.357 bits per heavy atom. The van der Waals surface area contributed by atoms with E-state index >= 15 is 0 Å². The van der Waals surface area contributed by atoms with E-state index in [0.717, 1.165) is 38.6 Å². The van der Waals surface area contributed by atoms with Crippen LogP contribution in [0.1, 0.15) is 22.3 Å². The Labute approximate surface area is 328 Å². The Hall–Kier alpha value is -7.01. The van der Waals surface area contributed by atoms with Gasteiger partial charge in [-0.3, -0.25) is 0 Å². The molecule has 0 aliphatic heterocycles. The molecule has 1 unspecified atom stereocenters. The van der Waals surface area contributed by atoms with Gasteiger partial charge in [-0.25, -0.2) is 15.0 Å². The maximum Gasteiger partial charge on any atom is 0.164 e. The van der Waals surface area contributed by atoms with Crippen LogP contribution < -0.4 is 0 Å². The van der Waals surface area contributed by atoms with Gasteiger partial charge in [0.25, 0.3) is 0 Å². The number of benzene rings is 8. The maximum atomic E-state index is 5.16. The highest BCUT2D eigenvalue weighted by molar-refractivity contribution is 7.22. The summed E-state index contributed by atoms with van der Waals surface area (Å²) in [5, 5.41) is 3.61. The van der Waals surface area contributed by atoms with E-state index in [2.05, 4.69) is 170 Å². The summed E-state index contributed by atoms with van der Waals surface area (Å²) in [5.74, 6) is 1.96. The van der Waals surface area contributed by atoms with Crippen LogP contribution in [0.15, 0.2) is 188 Å². The van der Waals surface area contributed by atoms with Gasteiger partial charge in [0.15, 0.2) is 17.5 Å². The minimum atomic E-state index is -0.380. The largest absolute Gasteiger partial charge is 0.208 e. The Bertz CT molecular complexity index is 3210. The minimum Gasteiger partial charge on any atom is -0.208 e. The molecule has 4 heteroatoms. The zero-order valence-corrected chi connectivity index (χ0v) is 31.0. The third kappa shape index (κ3) is 4.42. The maximum absolute atomic E-state index is 5.16. The van der Waals surface area contributed by atoms with Crippen molar-refractivity contribution in [3.05, 3.63) is 210 Å². The third-order valence-corrected chi connectivity index (χ3v) is 12.9. The molecule has 3 nitrogen and oxygen atoms in total. The number of fused-ring (bicyclic) bond motifs is 13. The van der Waals surface area contributed by atoms with E-state index in [0.29, 0.717) is 17.5 Å². The molecule has 2 heterocycles. The minimum absolute atomic E-state index is 0.380. The molecule has 0 N–H and O–H groups in total. The van der Waals surface area contributed by atoms with Gasteiger partial charge in [-0.2, -0.15) is 0 Å². The monoisotopic (exact) mass is 729 g/mol. The van der Waals surface area contributed by atoms with Crippen molar-refractivity contribution < 1.29 is 0 Å². The van der Waals surface area contributed by atoms with Gasteiger partial charge in [0.1, 0.15) is 0 Å². The van der Waals surface area contributed by atoms with Crippen molar-refractivity contribution in [3.63, 3.8) is 0 Å². The van der Waals surface area contributed by atoms with Crippen LogP contribution in [-0.2, 0) is 5.41 Å². The molecule has 12 rings (SSSR count). The van der Waals surface area contributed by atoms with E-state index in [9.17, 15) is 0 Å². The molecule has 0 bridgehead atoms. The molecule has 2 aromatic heterocycles. The summed E-state index contributed by atoms with van der Waals surface area (Å²) >= 11 is 1.92. The zero-order valence-electron chi connectivity index (χ0n) is 30.1. The summed E-state index contributed by atoms with van der Waals surface area (Å²) in [7, 11) is 0. The molecule has 1 atom stereocenters. The summed E-state index contributed by atoms with van der Waals surface area (Å²) in [6.07, 6.45) is 0. The van der Waals surface area contributed by atoms with Crippen LogP contribution >= 0.6 is 11.3 Å². The fourth-order valence-corrected chi connectivity index (χ4v) is 10.7. The second kappa shape index (κ2) is 12.0. The zero-order chi connectivity index (χ0) is 36.8. The molecule has 0 saturated carbocycles. The van der Waals surface area contributed by atoms with Crippen LogP contribution in [0.4, 0.5) is 0 Å². The molecule has 260 valence electrons. The van der Waals surface area contributed by atoms with Crippen molar-refractivity contribution >= 4 is 32.2 Å². The quantitative estimate of drug-likeness (QED) is 0.181. The van der Waals surface area contributed by atoms with E-state index in [-0.39, 0.29) is 5.41 Å². The first-order valence-corrected chi connectivity index (χ1v) is 19.8. The molecular weight excluding hydrogens is 699 g/mol. The van der Waals surface area contributed by atoms with E-state index < -0.39 is 0 Å². The Kier molecular flexibility index (Phi) is 6.72. The number of hydrogen-bond donors (Lipinski definition) is 0. The summed E-state index contributed by atoms with van der Waals surface area (Å²) in [4.78, 5) is 16.7. The first-order chi connectivity index (χ1) is 27.8. The van der Waals surface area contributed by atoms with Gasteiger partial charge in [0.2, 0.25) is 0 Å². The van der Waals surface area contributed by atoms with Crippen LogP contribution in [0.3, 0.4) is 0 Å². The Morgan fingerprint density at radius 2 is 0.929 bits per heavy atom. The number of nitrogens with zero attached hydrogens (tertiary/aromatic N) is 3. The SMILES string of the molecule is c1ccc(-c2nc(-c3cccc(-c4ccc5c(c4)-c4ccccc4C54c5ccccc5-c5sc6ccccc6c54)c3)nc(-c3cccc4ccccc34)n2)cc1. The number of thiophene rings is 1. The third-order valence-electron chi connectivity index (χ3n) is 11.7. The van der Waals surface area contributed by atoms with Gasteiger partial charge in [0, 0.05) is 26.3 Å². The Balaban J connectivity index is 1.03. The highest BCUT2D eigenvalue weighted by atomic mass is 32.1. The molecule has 0 saturated heterocycles. The molecule has 0 fully saturated rings. The van der Waals surface area contributed by atoms with Gasteiger partial charge in [-0.1, -0.05) is 170 Å². The van der Waals surface area contributed by atoms with Crippen LogP contribution in [0.2, 0.25) is 0 Å². The van der Waals surface area contributed by atoms with Crippen LogP contribution in [0.25, 0.3) is 87.7 Å². The van der Waals surface area contributed by atoms with E-state index in [1.54, 1.807) is 0 Å². The molecule has 0 radical (unpaired) electrons. The predicted octanol–water partition coefficient (Wildman–Crippen LogP) is 13.3. The fraction of sp³-hybridized carbons (Fsp3) is 0.0192. The topological polar surface area (TPSA) is 38.7 Å². The molecule has 1 spiro atoms. The lowest BCUT2D eigenvalue weighted by molar-refractivity contribution is 0.803. The van der Waals surface area contributed by atoms with Gasteiger partial charge >= 0.3 is 0 Å². The Morgan fingerprint density at radius 3 is 1.80 bits per heavy atom. The lowest BCUT2D eigenvalue weighted by atomic mass is 9.70. The van der Waals surface area contributed by atoms with Crippen molar-refractivity contribution in [2.75, 3.05) is 0 Å². The van der Waals surface area contributed by atoms with Crippen molar-refractivity contribution in [1.29, 1.82) is 0 Å². The molecule has 56 heavy (non-hydrogen) atoms. The molecule has 0 amide bonds. The molecule has 2 aliphatic carbocycles. The highest BCUT2D eigenvalue weighted by Crippen LogP contribution is 2.66. The van der Waals surface area contributed by atoms with E-state index in [4.69, 9.17) is 15.0 Å². The molecular formula is C52H31N3S. The lowest BCUT2D eigenvalue weighted by Gasteiger charge is -2.30. The number of hydrogen-bond acceptors (Lipinski definition) is 4. The van der Waals surface area contributed by atoms with Gasteiger partial charge in [0.05, 0.1) is 5.41 Å². The summed E-state index contributed by atoms with van der Waals surface area (Å²) in [5.41, 5.74) is 14.2. The fourth-order valence-electron chi connectivity index (χ4n) is 9.37. The first-order valence-electron chi connectivity index (χ1n) is 19.0. The van der Waals surface area contributed by atoms with E-state index in [1.807, 2.05) is 29.5 Å². The first kappa shape index (κ1) is 31.4. The van der Waals surface area contributed by atoms with Crippen molar-refractivity contribution in [1.82, 2.24) is 15.0 Å². The predicted molar refractivity (Wildman–Crippen MR) is 231 cm³/mol. The van der Waals surface area contributed by atoms with Crippen LogP contribution in [0.5, 0.6) is 0 Å². The standard InChI is InChI=1S/C52H31N3S/c1-2-15-33(16-3-1)49-53-50(55-51(54-49)39-24-13-17-32-14-4-5-20-37(32)39)36-19-12-18-34(30-36)35-28-29-45-42(31-35)38-21-6-9-25-43(38)52(45)44-26-10-7-22-40(44)48-47(52)41-23-8-11-27-46(41)56-48/h1-31H. The second-order valence-corrected chi connectivity index (χ2v) is 15.7. The van der Waals surface area contributed by atoms with E-state index in [1.165, 1.54) is 53.9 Å². The number of rotatable bonds is 4. The van der Waals surface area contributed by atoms with Crippen LogP contribution in [-0.4, -0.2) is 15.0 Å². The van der Waals surface area contributed by atoms with Crippen molar-refractivity contribution in [2.45, 2.75) is 5.41 Å². The normalized spacial score (nSPS) is 14.9. The molecule has 2 aliphatic rings. The summed E-state index contributed by atoms with van der Waals surface area (Å²) in [6.45, 7) is 0. The van der Waals surface area contributed by atoms with Gasteiger partial charge in [-0.05, 0) is 84.4 Å². The molecule has 8 aromatic carbocycles. The van der Waals surface area contributed by atoms with Crippen molar-refractivity contribution in [2.24, 2.45) is 0 Å². The summed E-state index contributed by atoms with van der Waals surface area (Å²) < 4.78 is 1.34. The molecule has 10 aromatic rings. The highest BCUT2D eigenvalue weighted by Gasteiger charge is 2.53. The lowest BCUT2D eigenvalue weighted by Crippen LogP contribution is -2.25. The second-order valence-electron chi connectivity index (χ2n) is 14.7. The van der Waals surface area contributed by atoms with Crippen LogP contribution in [0, 0.1) is 0 Å².